The van der Waals surface area contributed by atoms with Gasteiger partial charge in [-0.3, -0.25) is 4.79 Å². The Bertz CT molecular complexity index is 812. The summed E-state index contributed by atoms with van der Waals surface area (Å²) in [5.41, 5.74) is 1.04. The maximum Gasteiger partial charge on any atom is 0.573 e. The van der Waals surface area contributed by atoms with Crippen molar-refractivity contribution in [3.05, 3.63) is 53.8 Å². The number of hydrogen-bond acceptors (Lipinski definition) is 3. The van der Waals surface area contributed by atoms with E-state index in [0.29, 0.717) is 17.7 Å². The molecule has 0 aliphatic heterocycles. The minimum Gasteiger partial charge on any atom is -0.406 e. The number of nitrogens with one attached hydrogen (secondary N) is 2. The lowest BCUT2D eigenvalue weighted by Gasteiger charge is -2.17. The number of carbonyl (C=O) groups excluding carboxylic acids is 1. The van der Waals surface area contributed by atoms with E-state index in [1.165, 1.54) is 36.4 Å². The smallest absolute Gasteiger partial charge is 0.406 e. The molecule has 152 valence electrons. The molecule has 1 amide bonds. The normalized spacial score (nSPS) is 11.8. The van der Waals surface area contributed by atoms with Crippen molar-refractivity contribution in [1.29, 1.82) is 0 Å². The topological polar surface area (TPSA) is 50.4 Å². The SMILES string of the molecule is CC(C)(C)CC(=O)Nc1ccc(NCc2ccc(OC(F)(F)F)cc2)c(F)c1. The number of ether oxygens (including phenoxy) is 1. The van der Waals surface area contributed by atoms with Gasteiger partial charge in [-0.2, -0.15) is 0 Å². The van der Waals surface area contributed by atoms with Gasteiger partial charge < -0.3 is 15.4 Å². The fourth-order valence-corrected chi connectivity index (χ4v) is 2.43. The van der Waals surface area contributed by atoms with Crippen LogP contribution in [0, 0.1) is 11.2 Å². The molecule has 0 heterocycles. The van der Waals surface area contributed by atoms with Crippen LogP contribution in [0.15, 0.2) is 42.5 Å². The van der Waals surface area contributed by atoms with Gasteiger partial charge in [0.05, 0.1) is 5.69 Å². The van der Waals surface area contributed by atoms with E-state index in [1.807, 2.05) is 20.8 Å². The fraction of sp³-hybridized carbons (Fsp3) is 0.350. The van der Waals surface area contributed by atoms with Crippen LogP contribution in [0.3, 0.4) is 0 Å². The Labute approximate surface area is 160 Å². The summed E-state index contributed by atoms with van der Waals surface area (Å²) in [6.07, 6.45) is -4.43. The van der Waals surface area contributed by atoms with E-state index in [9.17, 15) is 22.4 Å². The van der Waals surface area contributed by atoms with Gasteiger partial charge in [-0.1, -0.05) is 32.9 Å². The standard InChI is InChI=1S/C20H22F4N2O2/c1-19(2,3)11-18(27)26-14-6-9-17(16(21)10-14)25-12-13-4-7-15(8-5-13)28-20(22,23)24/h4-10,25H,11-12H2,1-3H3,(H,26,27). The van der Waals surface area contributed by atoms with Crippen LogP contribution in [0.5, 0.6) is 5.75 Å². The Hall–Kier alpha value is -2.77. The Kier molecular flexibility index (Phi) is 6.53. The predicted octanol–water partition coefficient (Wildman–Crippen LogP) is 5.71. The van der Waals surface area contributed by atoms with Crippen LogP contribution < -0.4 is 15.4 Å². The maximum atomic E-state index is 14.2. The van der Waals surface area contributed by atoms with Crippen molar-refractivity contribution in [3.63, 3.8) is 0 Å². The lowest BCUT2D eigenvalue weighted by atomic mass is 9.92. The van der Waals surface area contributed by atoms with Gasteiger partial charge in [0.2, 0.25) is 5.91 Å². The molecule has 0 fully saturated rings. The average molecular weight is 398 g/mol. The minimum atomic E-state index is -4.74. The monoisotopic (exact) mass is 398 g/mol. The molecule has 8 heteroatoms. The molecule has 28 heavy (non-hydrogen) atoms. The molecule has 2 aromatic carbocycles. The van der Waals surface area contributed by atoms with Crippen molar-refractivity contribution in [2.45, 2.75) is 40.1 Å². The van der Waals surface area contributed by atoms with Crippen molar-refractivity contribution in [1.82, 2.24) is 0 Å². The summed E-state index contributed by atoms with van der Waals surface area (Å²) in [5.74, 6) is -1.07. The Morgan fingerprint density at radius 1 is 1.04 bits per heavy atom. The summed E-state index contributed by atoms with van der Waals surface area (Å²) in [6.45, 7) is 6.00. The third kappa shape index (κ3) is 7.46. The molecule has 0 saturated carbocycles. The second-order valence-corrected chi connectivity index (χ2v) is 7.53. The molecule has 2 aromatic rings. The van der Waals surface area contributed by atoms with E-state index in [-0.39, 0.29) is 29.3 Å². The Morgan fingerprint density at radius 2 is 1.68 bits per heavy atom. The van der Waals surface area contributed by atoms with Crippen LogP contribution in [0.25, 0.3) is 0 Å². The van der Waals surface area contributed by atoms with E-state index in [1.54, 1.807) is 6.07 Å². The first-order valence-electron chi connectivity index (χ1n) is 8.59. The third-order valence-corrected chi connectivity index (χ3v) is 3.58. The molecule has 0 unspecified atom stereocenters. The molecule has 4 nitrogen and oxygen atoms in total. The highest BCUT2D eigenvalue weighted by atomic mass is 19.4. The summed E-state index contributed by atoms with van der Waals surface area (Å²) < 4.78 is 54.5. The highest BCUT2D eigenvalue weighted by Gasteiger charge is 2.30. The van der Waals surface area contributed by atoms with Crippen LogP contribution in [0.4, 0.5) is 28.9 Å². The van der Waals surface area contributed by atoms with E-state index in [4.69, 9.17) is 0 Å². The highest BCUT2D eigenvalue weighted by Crippen LogP contribution is 2.24. The van der Waals surface area contributed by atoms with Gasteiger partial charge in [-0.15, -0.1) is 13.2 Å². The van der Waals surface area contributed by atoms with E-state index < -0.39 is 12.2 Å². The molecule has 2 N–H and O–H groups in total. The van der Waals surface area contributed by atoms with Gasteiger partial charge in [0.25, 0.3) is 0 Å². The van der Waals surface area contributed by atoms with E-state index in [0.717, 1.165) is 0 Å². The first kappa shape index (κ1) is 21.5. The summed E-state index contributed by atoms with van der Waals surface area (Å²) >= 11 is 0. The second kappa shape index (κ2) is 8.50. The largest absolute Gasteiger partial charge is 0.573 e. The van der Waals surface area contributed by atoms with Crippen molar-refractivity contribution in [2.75, 3.05) is 10.6 Å². The van der Waals surface area contributed by atoms with Gasteiger partial charge in [0, 0.05) is 18.7 Å². The number of halogens is 4. The van der Waals surface area contributed by atoms with Crippen LogP contribution in [-0.4, -0.2) is 12.3 Å². The fourth-order valence-electron chi connectivity index (χ4n) is 2.43. The molecule has 2 rings (SSSR count). The van der Waals surface area contributed by atoms with Crippen molar-refractivity contribution >= 4 is 17.3 Å². The molecule has 0 saturated heterocycles. The van der Waals surface area contributed by atoms with Gasteiger partial charge >= 0.3 is 6.36 Å². The number of carbonyl (C=O) groups is 1. The Balaban J connectivity index is 1.93. The van der Waals surface area contributed by atoms with Crippen LogP contribution in [0.1, 0.15) is 32.8 Å². The third-order valence-electron chi connectivity index (χ3n) is 3.58. The molecule has 0 spiro atoms. The molecule has 0 atom stereocenters. The van der Waals surface area contributed by atoms with E-state index in [2.05, 4.69) is 15.4 Å². The number of rotatable bonds is 6. The summed E-state index contributed by atoms with van der Waals surface area (Å²) in [4.78, 5) is 11.9. The zero-order chi connectivity index (χ0) is 20.9. The zero-order valence-electron chi connectivity index (χ0n) is 15.8. The molecule has 0 bridgehead atoms. The summed E-state index contributed by atoms with van der Waals surface area (Å²) in [5, 5.41) is 5.52. The lowest BCUT2D eigenvalue weighted by Crippen LogP contribution is -2.19. The zero-order valence-corrected chi connectivity index (χ0v) is 15.8. The molecule has 0 aromatic heterocycles. The van der Waals surface area contributed by atoms with Gasteiger partial charge in [-0.05, 0) is 41.3 Å². The predicted molar refractivity (Wildman–Crippen MR) is 99.6 cm³/mol. The van der Waals surface area contributed by atoms with Crippen LogP contribution in [0.2, 0.25) is 0 Å². The molecular weight excluding hydrogens is 376 g/mol. The Morgan fingerprint density at radius 3 is 2.21 bits per heavy atom. The number of alkyl halides is 3. The first-order chi connectivity index (χ1) is 12.9. The van der Waals surface area contributed by atoms with Gasteiger partial charge in [0.1, 0.15) is 11.6 Å². The first-order valence-corrected chi connectivity index (χ1v) is 8.59. The van der Waals surface area contributed by atoms with Crippen molar-refractivity contribution < 1.29 is 27.1 Å². The number of hydrogen-bond donors (Lipinski definition) is 2. The van der Waals surface area contributed by atoms with Gasteiger partial charge in [0.15, 0.2) is 0 Å². The highest BCUT2D eigenvalue weighted by molar-refractivity contribution is 5.91. The van der Waals surface area contributed by atoms with Crippen LogP contribution in [-0.2, 0) is 11.3 Å². The second-order valence-electron chi connectivity index (χ2n) is 7.53. The quantitative estimate of drug-likeness (QED) is 0.613. The van der Waals surface area contributed by atoms with Crippen molar-refractivity contribution in [2.24, 2.45) is 5.41 Å². The number of anilines is 2. The molecule has 0 aliphatic carbocycles. The maximum absolute atomic E-state index is 14.2. The number of benzene rings is 2. The summed E-state index contributed by atoms with van der Waals surface area (Å²) in [7, 11) is 0. The summed E-state index contributed by atoms with van der Waals surface area (Å²) in [6, 6.07) is 9.56. The number of amides is 1. The average Bonchev–Trinajstić information content (AvgIpc) is 2.52. The minimum absolute atomic E-state index is 0.176. The van der Waals surface area contributed by atoms with Crippen LogP contribution >= 0.6 is 0 Å². The molecule has 0 aliphatic rings. The van der Waals surface area contributed by atoms with Crippen molar-refractivity contribution in [3.8, 4) is 5.75 Å². The van der Waals surface area contributed by atoms with Gasteiger partial charge in [-0.25, -0.2) is 4.39 Å². The molecule has 0 radical (unpaired) electrons. The van der Waals surface area contributed by atoms with E-state index >= 15 is 0 Å². The lowest BCUT2D eigenvalue weighted by molar-refractivity contribution is -0.274. The molecular formula is C20H22F4N2O2.